The van der Waals surface area contributed by atoms with E-state index in [1.165, 1.54) is 12.3 Å². The number of pyridine rings is 1. The summed E-state index contributed by atoms with van der Waals surface area (Å²) in [7, 11) is 0. The van der Waals surface area contributed by atoms with E-state index in [2.05, 4.69) is 27.1 Å². The molecule has 0 spiro atoms. The molecule has 2 unspecified atom stereocenters. The number of likely N-dealkylation sites (tertiary alicyclic amines) is 1. The van der Waals surface area contributed by atoms with Gasteiger partial charge < -0.3 is 10.2 Å². The van der Waals surface area contributed by atoms with Gasteiger partial charge in [0.25, 0.3) is 17.6 Å². The summed E-state index contributed by atoms with van der Waals surface area (Å²) in [6.45, 7) is 2.24. The number of benzene rings is 1. The molecular weight excluding hydrogens is 468 g/mol. The van der Waals surface area contributed by atoms with E-state index >= 15 is 0 Å². The Balaban J connectivity index is 1.43. The Morgan fingerprint density at radius 1 is 1.24 bits per heavy atom. The predicted octanol–water partition coefficient (Wildman–Crippen LogP) is 2.44. The molecule has 5 rings (SSSR count). The standard InChI is InChI=1S/C27H22N8O2/c1-2-4-24(36)34-13-3-5-21(34)25-22-17-30-12-14-35(22,29)26(33-25)19-6-8-20(9-7-19)27(37)32-23-15-18(16-28)10-11-31-23/h6-12,14-15,17,21H,3,5,13,29H2,1H3/p+1. The number of nitrogens with zero attached hydrogens (tertiary/aromatic N) is 6. The minimum absolute atomic E-state index is 0.187. The zero-order chi connectivity index (χ0) is 26.0. The molecule has 2 amide bonds. The molecular formula is C27H23N8O2+. The number of aliphatic imine (C=N–C) groups is 2. The number of anilines is 1. The number of quaternary nitrogens is 1. The van der Waals surface area contributed by atoms with Gasteiger partial charge in [-0.2, -0.15) is 16.1 Å². The summed E-state index contributed by atoms with van der Waals surface area (Å²) in [5.41, 5.74) is 2.92. The first-order valence-electron chi connectivity index (χ1n) is 11.7. The van der Waals surface area contributed by atoms with Crippen LogP contribution in [0.3, 0.4) is 0 Å². The summed E-state index contributed by atoms with van der Waals surface area (Å²) >= 11 is 0. The van der Waals surface area contributed by atoms with Gasteiger partial charge in [0.2, 0.25) is 5.70 Å². The smallest absolute Gasteiger partial charge is 0.299 e. The van der Waals surface area contributed by atoms with Crippen molar-refractivity contribution in [1.29, 1.82) is 5.26 Å². The summed E-state index contributed by atoms with van der Waals surface area (Å²) in [5, 5.41) is 11.7. The predicted molar refractivity (Wildman–Crippen MR) is 137 cm³/mol. The van der Waals surface area contributed by atoms with Crippen LogP contribution < -0.4 is 11.2 Å². The Morgan fingerprint density at radius 3 is 2.81 bits per heavy atom. The number of carbonyl (C=O) groups excluding carboxylic acids is 2. The molecule has 1 saturated heterocycles. The fourth-order valence-corrected chi connectivity index (χ4v) is 4.65. The van der Waals surface area contributed by atoms with Crippen molar-refractivity contribution in [2.24, 2.45) is 15.8 Å². The second-order valence-corrected chi connectivity index (χ2v) is 8.66. The fourth-order valence-electron chi connectivity index (χ4n) is 4.65. The lowest BCUT2D eigenvalue weighted by atomic mass is 10.1. The van der Waals surface area contributed by atoms with E-state index in [1.807, 2.05) is 6.07 Å². The number of hydrogen-bond acceptors (Lipinski definition) is 7. The molecule has 2 aromatic rings. The van der Waals surface area contributed by atoms with Crippen molar-refractivity contribution < 1.29 is 14.2 Å². The molecule has 0 saturated carbocycles. The molecule has 10 heteroatoms. The maximum Gasteiger partial charge on any atom is 0.299 e. The quantitative estimate of drug-likeness (QED) is 0.385. The third kappa shape index (κ3) is 4.32. The van der Waals surface area contributed by atoms with Crippen molar-refractivity contribution in [2.75, 3.05) is 11.9 Å². The third-order valence-corrected chi connectivity index (χ3v) is 6.42. The highest BCUT2D eigenvalue weighted by atomic mass is 16.2. The number of amidine groups is 1. The molecule has 37 heavy (non-hydrogen) atoms. The molecule has 0 radical (unpaired) electrons. The first-order chi connectivity index (χ1) is 17.9. The number of amides is 2. The molecule has 0 aliphatic carbocycles. The Kier molecular flexibility index (Phi) is 6.20. The minimum Gasteiger partial charge on any atom is -0.323 e. The molecule has 182 valence electrons. The van der Waals surface area contributed by atoms with Gasteiger partial charge in [-0.15, -0.1) is 4.59 Å². The van der Waals surface area contributed by atoms with Gasteiger partial charge in [-0.3, -0.25) is 14.6 Å². The number of hydrogen-bond donors (Lipinski definition) is 2. The van der Waals surface area contributed by atoms with Crippen LogP contribution in [0.25, 0.3) is 0 Å². The van der Waals surface area contributed by atoms with Crippen LogP contribution in [-0.2, 0) is 4.79 Å². The average molecular weight is 492 g/mol. The monoisotopic (exact) mass is 491 g/mol. The molecule has 3 aliphatic heterocycles. The zero-order valence-corrected chi connectivity index (χ0v) is 20.0. The third-order valence-electron chi connectivity index (χ3n) is 6.42. The molecule has 4 heterocycles. The van der Waals surface area contributed by atoms with Gasteiger partial charge in [0.15, 0.2) is 0 Å². The fraction of sp³-hybridized carbons (Fsp3) is 0.185. The Hall–Kier alpha value is -4.90. The lowest BCUT2D eigenvalue weighted by Crippen LogP contribution is -2.53. The van der Waals surface area contributed by atoms with Gasteiger partial charge in [0.05, 0.1) is 35.7 Å². The van der Waals surface area contributed by atoms with Crippen LogP contribution in [0.2, 0.25) is 0 Å². The van der Waals surface area contributed by atoms with E-state index in [0.29, 0.717) is 40.7 Å². The van der Waals surface area contributed by atoms with E-state index in [0.717, 1.165) is 18.4 Å². The number of fused-ring (bicyclic) bond motifs is 1. The molecule has 3 N–H and O–H groups in total. The van der Waals surface area contributed by atoms with Crippen LogP contribution >= 0.6 is 0 Å². The van der Waals surface area contributed by atoms with Gasteiger partial charge in [0, 0.05) is 18.3 Å². The van der Waals surface area contributed by atoms with E-state index in [-0.39, 0.29) is 22.4 Å². The van der Waals surface area contributed by atoms with E-state index in [1.54, 1.807) is 60.8 Å². The highest BCUT2D eigenvalue weighted by molar-refractivity contribution is 6.05. The molecule has 1 fully saturated rings. The maximum absolute atomic E-state index is 12.7. The number of aromatic nitrogens is 1. The van der Waals surface area contributed by atoms with Crippen LogP contribution in [0.15, 0.2) is 76.4 Å². The lowest BCUT2D eigenvalue weighted by molar-refractivity contribution is -0.750. The second kappa shape index (κ2) is 9.63. The van der Waals surface area contributed by atoms with Gasteiger partial charge in [-0.25, -0.2) is 4.98 Å². The molecule has 2 atom stereocenters. The first kappa shape index (κ1) is 23.8. The molecule has 1 aromatic carbocycles. The normalized spacial score (nSPS) is 21.6. The van der Waals surface area contributed by atoms with Gasteiger partial charge in [-0.05, 0) is 62.1 Å². The summed E-state index contributed by atoms with van der Waals surface area (Å²) in [5.74, 6) is 12.4. The molecule has 3 aliphatic rings. The number of allylic oxidation sites excluding steroid dienone is 1. The van der Waals surface area contributed by atoms with Crippen LogP contribution in [0.1, 0.15) is 41.3 Å². The van der Waals surface area contributed by atoms with Crippen molar-refractivity contribution in [2.45, 2.75) is 25.8 Å². The Labute approximate surface area is 213 Å². The maximum atomic E-state index is 12.7. The summed E-state index contributed by atoms with van der Waals surface area (Å²) < 4.78 is -0.187. The van der Waals surface area contributed by atoms with Crippen molar-refractivity contribution in [1.82, 2.24) is 9.88 Å². The van der Waals surface area contributed by atoms with Crippen LogP contribution in [0.4, 0.5) is 5.82 Å². The SMILES string of the molecule is CC#CC(=O)N1CCCC1C1=C2C=NC=C[N+]2(N)C(c2ccc(C(=O)Nc3cc(C#N)ccn3)cc2)=N1. The number of nitriles is 1. The number of nitrogens with one attached hydrogen (secondary N) is 1. The highest BCUT2D eigenvalue weighted by Gasteiger charge is 2.48. The largest absolute Gasteiger partial charge is 0.323 e. The Bertz CT molecular complexity index is 1520. The van der Waals surface area contributed by atoms with Crippen molar-refractivity contribution in [3.05, 3.63) is 83.1 Å². The van der Waals surface area contributed by atoms with Crippen LogP contribution in [0.5, 0.6) is 0 Å². The van der Waals surface area contributed by atoms with Crippen LogP contribution in [0, 0.1) is 23.2 Å². The Morgan fingerprint density at radius 2 is 2.05 bits per heavy atom. The van der Waals surface area contributed by atoms with Crippen molar-refractivity contribution in [3.63, 3.8) is 0 Å². The van der Waals surface area contributed by atoms with E-state index < -0.39 is 0 Å². The summed E-state index contributed by atoms with van der Waals surface area (Å²) in [4.78, 5) is 40.4. The number of carbonyl (C=O) groups is 2. The minimum atomic E-state index is -0.360. The van der Waals surface area contributed by atoms with E-state index in [4.69, 9.17) is 16.1 Å². The average Bonchev–Trinajstić information content (AvgIpc) is 3.51. The van der Waals surface area contributed by atoms with Gasteiger partial charge >= 0.3 is 0 Å². The van der Waals surface area contributed by atoms with Crippen molar-refractivity contribution >= 4 is 29.7 Å². The van der Waals surface area contributed by atoms with Crippen LogP contribution in [-0.4, -0.2) is 50.9 Å². The van der Waals surface area contributed by atoms with Gasteiger partial charge in [-0.1, -0.05) is 5.92 Å². The molecule has 1 aromatic heterocycles. The summed E-state index contributed by atoms with van der Waals surface area (Å²) in [6.07, 6.45) is 8.10. The first-order valence-corrected chi connectivity index (χ1v) is 11.7. The number of rotatable bonds is 4. The topological polar surface area (TPSA) is 137 Å². The zero-order valence-electron chi connectivity index (χ0n) is 20.0. The highest BCUT2D eigenvalue weighted by Crippen LogP contribution is 2.37. The molecule has 10 nitrogen and oxygen atoms in total. The summed E-state index contributed by atoms with van der Waals surface area (Å²) in [6, 6.07) is 11.7. The van der Waals surface area contributed by atoms with E-state index in [9.17, 15) is 9.59 Å². The van der Waals surface area contributed by atoms with Gasteiger partial charge in [0.1, 0.15) is 17.7 Å². The second-order valence-electron chi connectivity index (χ2n) is 8.66. The lowest BCUT2D eigenvalue weighted by Gasteiger charge is -2.27. The molecule has 0 bridgehead atoms. The van der Waals surface area contributed by atoms with Crippen molar-refractivity contribution in [3.8, 4) is 17.9 Å². The number of nitrogens with two attached hydrogens (primary N) is 1.